The number of hydrogen-bond acceptors (Lipinski definition) is 3. The molecular weight excluding hydrogens is 324 g/mol. The van der Waals surface area contributed by atoms with Crippen LogP contribution in [0.25, 0.3) is 16.7 Å². The van der Waals surface area contributed by atoms with Crippen LogP contribution in [0.2, 0.25) is 5.02 Å². The first kappa shape index (κ1) is 16.5. The zero-order valence-electron chi connectivity index (χ0n) is 13.9. The van der Waals surface area contributed by atoms with Gasteiger partial charge in [0.05, 0.1) is 27.4 Å². The number of aryl methyl sites for hydroxylation is 2. The van der Waals surface area contributed by atoms with E-state index < -0.39 is 0 Å². The summed E-state index contributed by atoms with van der Waals surface area (Å²) in [7, 11) is 0. The summed E-state index contributed by atoms with van der Waals surface area (Å²) in [5.74, 6) is -0.103. The number of halogens is 1. The highest BCUT2D eigenvalue weighted by molar-refractivity contribution is 6.32. The fourth-order valence-electron chi connectivity index (χ4n) is 2.72. The second kappa shape index (κ2) is 6.61. The fraction of sp³-hybridized carbons (Fsp3) is 0.278. The van der Waals surface area contributed by atoms with E-state index in [0.29, 0.717) is 22.8 Å². The van der Waals surface area contributed by atoms with Crippen LogP contribution in [0.1, 0.15) is 35.1 Å². The molecule has 1 amide bonds. The number of pyridine rings is 1. The maximum atomic E-state index is 12.5. The Bertz CT molecular complexity index is 917. The Morgan fingerprint density at radius 3 is 2.75 bits per heavy atom. The second-order valence-electron chi connectivity index (χ2n) is 5.71. The molecule has 24 heavy (non-hydrogen) atoms. The van der Waals surface area contributed by atoms with Crippen LogP contribution in [0, 0.1) is 13.8 Å². The summed E-state index contributed by atoms with van der Waals surface area (Å²) in [5, 5.41) is 8.84. The molecule has 0 fully saturated rings. The smallest absolute Gasteiger partial charge is 0.252 e. The summed E-state index contributed by atoms with van der Waals surface area (Å²) in [4.78, 5) is 17.1. The minimum absolute atomic E-state index is 0.103. The third-order valence-corrected chi connectivity index (χ3v) is 4.12. The molecule has 0 saturated heterocycles. The van der Waals surface area contributed by atoms with Crippen LogP contribution in [0.15, 0.2) is 30.3 Å². The van der Waals surface area contributed by atoms with Gasteiger partial charge in [-0.2, -0.15) is 5.10 Å². The molecule has 0 unspecified atom stereocenters. The summed E-state index contributed by atoms with van der Waals surface area (Å²) in [6.07, 6.45) is 0.886. The van der Waals surface area contributed by atoms with Crippen molar-refractivity contribution in [2.45, 2.75) is 27.2 Å². The van der Waals surface area contributed by atoms with E-state index >= 15 is 0 Å². The van der Waals surface area contributed by atoms with Gasteiger partial charge in [-0.1, -0.05) is 30.7 Å². The first-order valence-corrected chi connectivity index (χ1v) is 8.30. The van der Waals surface area contributed by atoms with Crippen LogP contribution < -0.4 is 5.32 Å². The number of carbonyl (C=O) groups excluding carboxylic acids is 1. The van der Waals surface area contributed by atoms with Crippen LogP contribution in [0.3, 0.4) is 0 Å². The van der Waals surface area contributed by atoms with Gasteiger partial charge in [0.2, 0.25) is 0 Å². The molecule has 2 aromatic heterocycles. The van der Waals surface area contributed by atoms with Crippen molar-refractivity contribution in [3.05, 3.63) is 52.3 Å². The van der Waals surface area contributed by atoms with Crippen LogP contribution in [0.5, 0.6) is 0 Å². The minimum Gasteiger partial charge on any atom is -0.352 e. The molecule has 6 heteroatoms. The zero-order valence-corrected chi connectivity index (χ0v) is 14.7. The van der Waals surface area contributed by atoms with E-state index in [-0.39, 0.29) is 5.91 Å². The Morgan fingerprint density at radius 1 is 1.29 bits per heavy atom. The van der Waals surface area contributed by atoms with Gasteiger partial charge in [-0.15, -0.1) is 0 Å². The number of amides is 1. The maximum Gasteiger partial charge on any atom is 0.252 e. The van der Waals surface area contributed by atoms with Crippen LogP contribution in [0.4, 0.5) is 0 Å². The van der Waals surface area contributed by atoms with Crippen molar-refractivity contribution in [1.29, 1.82) is 0 Å². The molecule has 1 N–H and O–H groups in total. The van der Waals surface area contributed by atoms with Gasteiger partial charge in [-0.25, -0.2) is 9.67 Å². The molecule has 1 aromatic carbocycles. The summed E-state index contributed by atoms with van der Waals surface area (Å²) in [6, 6.07) is 9.26. The highest BCUT2D eigenvalue weighted by Gasteiger charge is 2.20. The van der Waals surface area contributed by atoms with Gasteiger partial charge in [-0.05, 0) is 38.5 Å². The molecule has 2 heterocycles. The van der Waals surface area contributed by atoms with Crippen LogP contribution >= 0.6 is 11.6 Å². The molecule has 0 spiro atoms. The summed E-state index contributed by atoms with van der Waals surface area (Å²) in [5.41, 5.74) is 3.50. The Kier molecular flexibility index (Phi) is 4.53. The SMILES string of the molecule is CCCNC(=O)c1cc(C)nc2c1c(C)nn2-c1ccccc1Cl. The number of hydrogen-bond donors (Lipinski definition) is 1. The van der Waals surface area contributed by atoms with E-state index in [9.17, 15) is 4.79 Å². The van der Waals surface area contributed by atoms with Crippen molar-refractivity contribution >= 4 is 28.5 Å². The molecule has 3 aromatic rings. The van der Waals surface area contributed by atoms with E-state index in [2.05, 4.69) is 15.4 Å². The number of aromatic nitrogens is 3. The van der Waals surface area contributed by atoms with Gasteiger partial charge in [0.1, 0.15) is 0 Å². The molecule has 3 rings (SSSR count). The number of nitrogens with zero attached hydrogens (tertiary/aromatic N) is 3. The number of nitrogens with one attached hydrogen (secondary N) is 1. The van der Waals surface area contributed by atoms with Crippen molar-refractivity contribution in [2.75, 3.05) is 6.54 Å². The minimum atomic E-state index is -0.103. The quantitative estimate of drug-likeness (QED) is 0.783. The topological polar surface area (TPSA) is 59.8 Å². The van der Waals surface area contributed by atoms with E-state index in [4.69, 9.17) is 11.6 Å². The van der Waals surface area contributed by atoms with Crippen molar-refractivity contribution in [3.8, 4) is 5.69 Å². The fourth-order valence-corrected chi connectivity index (χ4v) is 2.93. The van der Waals surface area contributed by atoms with E-state index in [1.807, 2.05) is 45.0 Å². The highest BCUT2D eigenvalue weighted by Crippen LogP contribution is 2.27. The molecule has 0 aliphatic carbocycles. The molecule has 5 nitrogen and oxygen atoms in total. The van der Waals surface area contributed by atoms with Gasteiger partial charge in [0.15, 0.2) is 5.65 Å². The molecule has 0 bridgehead atoms. The van der Waals surface area contributed by atoms with E-state index in [1.165, 1.54) is 0 Å². The van der Waals surface area contributed by atoms with Crippen LogP contribution in [-0.4, -0.2) is 27.2 Å². The summed E-state index contributed by atoms with van der Waals surface area (Å²) < 4.78 is 1.70. The number of fused-ring (bicyclic) bond motifs is 1. The molecule has 124 valence electrons. The highest BCUT2D eigenvalue weighted by atomic mass is 35.5. The normalized spacial score (nSPS) is 11.0. The average molecular weight is 343 g/mol. The third-order valence-electron chi connectivity index (χ3n) is 3.80. The Balaban J connectivity index is 2.24. The van der Waals surface area contributed by atoms with Gasteiger partial charge in [-0.3, -0.25) is 4.79 Å². The molecule has 0 saturated carbocycles. The lowest BCUT2D eigenvalue weighted by Gasteiger charge is -2.08. The van der Waals surface area contributed by atoms with Gasteiger partial charge < -0.3 is 5.32 Å². The Morgan fingerprint density at radius 2 is 2.04 bits per heavy atom. The van der Waals surface area contributed by atoms with Gasteiger partial charge in [0.25, 0.3) is 5.91 Å². The van der Waals surface area contributed by atoms with Gasteiger partial charge in [0, 0.05) is 12.2 Å². The zero-order chi connectivity index (χ0) is 17.3. The van der Waals surface area contributed by atoms with Gasteiger partial charge >= 0.3 is 0 Å². The standard InChI is InChI=1S/C18H19ClN4O/c1-4-9-20-18(24)13-10-11(2)21-17-16(13)12(3)22-23(17)15-8-6-5-7-14(15)19/h5-8,10H,4,9H2,1-3H3,(H,20,24). The Labute approximate surface area is 145 Å². The molecular formula is C18H19ClN4O. The van der Waals surface area contributed by atoms with E-state index in [1.54, 1.807) is 10.7 Å². The van der Waals surface area contributed by atoms with Crippen molar-refractivity contribution in [2.24, 2.45) is 0 Å². The number of benzene rings is 1. The maximum absolute atomic E-state index is 12.5. The van der Waals surface area contributed by atoms with E-state index in [0.717, 1.165) is 28.9 Å². The molecule has 0 aliphatic heterocycles. The summed E-state index contributed by atoms with van der Waals surface area (Å²) >= 11 is 6.31. The lowest BCUT2D eigenvalue weighted by Crippen LogP contribution is -2.24. The first-order valence-electron chi connectivity index (χ1n) is 7.93. The Hall–Kier alpha value is -2.40. The predicted octanol–water partition coefficient (Wildman–Crippen LogP) is 3.83. The van der Waals surface area contributed by atoms with Crippen molar-refractivity contribution in [1.82, 2.24) is 20.1 Å². The number of para-hydroxylation sites is 1. The largest absolute Gasteiger partial charge is 0.352 e. The summed E-state index contributed by atoms with van der Waals surface area (Å²) in [6.45, 7) is 6.41. The second-order valence-corrected chi connectivity index (χ2v) is 6.12. The third kappa shape index (κ3) is 2.87. The lowest BCUT2D eigenvalue weighted by molar-refractivity contribution is 0.0955. The number of carbonyl (C=O) groups is 1. The van der Waals surface area contributed by atoms with Crippen LogP contribution in [-0.2, 0) is 0 Å². The first-order chi connectivity index (χ1) is 11.5. The molecule has 0 atom stereocenters. The predicted molar refractivity (Wildman–Crippen MR) is 96.0 cm³/mol. The lowest BCUT2D eigenvalue weighted by atomic mass is 10.1. The number of rotatable bonds is 4. The van der Waals surface area contributed by atoms with Crippen molar-refractivity contribution in [3.63, 3.8) is 0 Å². The monoisotopic (exact) mass is 342 g/mol. The molecule has 0 aliphatic rings. The average Bonchev–Trinajstić information content (AvgIpc) is 2.89. The van der Waals surface area contributed by atoms with Crippen molar-refractivity contribution < 1.29 is 4.79 Å². The molecule has 0 radical (unpaired) electrons.